The van der Waals surface area contributed by atoms with Gasteiger partial charge in [-0.3, -0.25) is 9.48 Å². The minimum absolute atomic E-state index is 0.0680. The third-order valence-electron chi connectivity index (χ3n) is 3.55. The van der Waals surface area contributed by atoms with Crippen LogP contribution in [0, 0.1) is 20.8 Å². The second kappa shape index (κ2) is 5.00. The Hall–Kier alpha value is -2.15. The second-order valence-electron chi connectivity index (χ2n) is 5.13. The molecule has 0 bridgehead atoms. The van der Waals surface area contributed by atoms with E-state index in [4.69, 9.17) is 0 Å². The van der Waals surface area contributed by atoms with E-state index in [-0.39, 0.29) is 5.56 Å². The van der Waals surface area contributed by atoms with E-state index in [1.54, 1.807) is 16.0 Å². The minimum atomic E-state index is -0.0680. The highest BCUT2D eigenvalue weighted by molar-refractivity contribution is 7.18. The lowest BCUT2D eigenvalue weighted by molar-refractivity contribution is 0.756. The van der Waals surface area contributed by atoms with Gasteiger partial charge in [-0.25, -0.2) is 4.98 Å². The fourth-order valence-corrected chi connectivity index (χ4v) is 3.38. The summed E-state index contributed by atoms with van der Waals surface area (Å²) < 4.78 is 1.75. The molecule has 110 valence electrons. The fourth-order valence-electron chi connectivity index (χ4n) is 2.34. The molecule has 0 saturated heterocycles. The van der Waals surface area contributed by atoms with E-state index in [0.29, 0.717) is 17.8 Å². The fraction of sp³-hybridized carbons (Fsp3) is 0.357. The van der Waals surface area contributed by atoms with Crippen LogP contribution < -0.4 is 10.9 Å². The first-order valence-corrected chi connectivity index (χ1v) is 7.50. The van der Waals surface area contributed by atoms with Crippen molar-refractivity contribution in [1.82, 2.24) is 19.7 Å². The van der Waals surface area contributed by atoms with Gasteiger partial charge in [-0.1, -0.05) is 0 Å². The molecular formula is C14H17N5OS. The summed E-state index contributed by atoms with van der Waals surface area (Å²) in [5.41, 5.74) is 2.82. The standard InChI is InChI=1S/C14H17N5OS/c1-7-9(3)21-14-12(7)13(20)16-11(17-14)5-15-10-6-19(4)18-8(10)2/h6,15H,5H2,1-4H3,(H,16,17,20). The lowest BCUT2D eigenvalue weighted by Crippen LogP contribution is -2.14. The summed E-state index contributed by atoms with van der Waals surface area (Å²) in [5, 5.41) is 8.23. The van der Waals surface area contributed by atoms with Crippen molar-refractivity contribution in [2.75, 3.05) is 5.32 Å². The highest BCUT2D eigenvalue weighted by Gasteiger charge is 2.12. The molecule has 3 aromatic rings. The molecule has 0 fully saturated rings. The van der Waals surface area contributed by atoms with Crippen molar-refractivity contribution in [2.45, 2.75) is 27.3 Å². The van der Waals surface area contributed by atoms with Gasteiger partial charge in [0.1, 0.15) is 10.7 Å². The van der Waals surface area contributed by atoms with E-state index in [9.17, 15) is 4.79 Å². The van der Waals surface area contributed by atoms with Crippen molar-refractivity contribution in [3.8, 4) is 0 Å². The zero-order valence-electron chi connectivity index (χ0n) is 12.4. The summed E-state index contributed by atoms with van der Waals surface area (Å²) in [4.78, 5) is 21.5. The Balaban J connectivity index is 1.91. The number of aromatic amines is 1. The van der Waals surface area contributed by atoms with Gasteiger partial charge >= 0.3 is 0 Å². The van der Waals surface area contributed by atoms with E-state index in [2.05, 4.69) is 20.4 Å². The molecule has 6 nitrogen and oxygen atoms in total. The van der Waals surface area contributed by atoms with E-state index in [0.717, 1.165) is 26.7 Å². The van der Waals surface area contributed by atoms with Gasteiger partial charge in [-0.2, -0.15) is 5.10 Å². The number of rotatable bonds is 3. The second-order valence-corrected chi connectivity index (χ2v) is 6.33. The molecule has 3 heterocycles. The zero-order chi connectivity index (χ0) is 15.1. The average Bonchev–Trinajstić information content (AvgIpc) is 2.87. The maximum absolute atomic E-state index is 12.2. The minimum Gasteiger partial charge on any atom is -0.375 e. The van der Waals surface area contributed by atoms with Gasteiger partial charge in [-0.15, -0.1) is 11.3 Å². The van der Waals surface area contributed by atoms with Crippen LogP contribution in [0.15, 0.2) is 11.0 Å². The molecule has 0 aliphatic carbocycles. The predicted molar refractivity (Wildman–Crippen MR) is 85.0 cm³/mol. The van der Waals surface area contributed by atoms with Gasteiger partial charge in [0, 0.05) is 18.1 Å². The predicted octanol–water partition coefficient (Wildman–Crippen LogP) is 2.26. The molecular weight excluding hydrogens is 286 g/mol. The van der Waals surface area contributed by atoms with Gasteiger partial charge < -0.3 is 10.3 Å². The largest absolute Gasteiger partial charge is 0.375 e. The molecule has 0 saturated carbocycles. The third kappa shape index (κ3) is 2.44. The molecule has 0 amide bonds. The Morgan fingerprint density at radius 1 is 1.38 bits per heavy atom. The van der Waals surface area contributed by atoms with E-state index in [1.165, 1.54) is 0 Å². The molecule has 0 aliphatic rings. The van der Waals surface area contributed by atoms with Gasteiger partial charge in [0.2, 0.25) is 0 Å². The Morgan fingerprint density at radius 2 is 2.14 bits per heavy atom. The average molecular weight is 303 g/mol. The highest BCUT2D eigenvalue weighted by Crippen LogP contribution is 2.25. The van der Waals surface area contributed by atoms with Crippen LogP contribution in [0.3, 0.4) is 0 Å². The van der Waals surface area contributed by atoms with Gasteiger partial charge in [0.15, 0.2) is 0 Å². The molecule has 7 heteroatoms. The smallest absolute Gasteiger partial charge is 0.259 e. The van der Waals surface area contributed by atoms with Crippen LogP contribution in [0.2, 0.25) is 0 Å². The van der Waals surface area contributed by atoms with Crippen LogP contribution in [-0.2, 0) is 13.6 Å². The van der Waals surface area contributed by atoms with Crippen LogP contribution in [-0.4, -0.2) is 19.7 Å². The van der Waals surface area contributed by atoms with Crippen molar-refractivity contribution < 1.29 is 0 Å². The first kappa shape index (κ1) is 13.8. The van der Waals surface area contributed by atoms with Gasteiger partial charge in [0.05, 0.1) is 23.3 Å². The molecule has 3 rings (SSSR count). The molecule has 0 aromatic carbocycles. The monoisotopic (exact) mass is 303 g/mol. The number of aromatic nitrogens is 4. The van der Waals surface area contributed by atoms with Crippen LogP contribution in [0.4, 0.5) is 5.69 Å². The maximum atomic E-state index is 12.2. The molecule has 0 spiro atoms. The molecule has 0 atom stereocenters. The lowest BCUT2D eigenvalue weighted by atomic mass is 10.2. The quantitative estimate of drug-likeness (QED) is 0.778. The Kier molecular flexibility index (Phi) is 3.29. The topological polar surface area (TPSA) is 75.6 Å². The number of nitrogens with one attached hydrogen (secondary N) is 2. The molecule has 0 radical (unpaired) electrons. The summed E-state index contributed by atoms with van der Waals surface area (Å²) >= 11 is 1.56. The van der Waals surface area contributed by atoms with Crippen molar-refractivity contribution in [3.05, 3.63) is 38.5 Å². The molecule has 2 N–H and O–H groups in total. The van der Waals surface area contributed by atoms with Crippen molar-refractivity contribution in [3.63, 3.8) is 0 Å². The van der Waals surface area contributed by atoms with E-state index < -0.39 is 0 Å². The Morgan fingerprint density at radius 3 is 2.81 bits per heavy atom. The molecule has 0 aliphatic heterocycles. The number of anilines is 1. The summed E-state index contributed by atoms with van der Waals surface area (Å²) in [7, 11) is 1.88. The molecule has 3 aromatic heterocycles. The summed E-state index contributed by atoms with van der Waals surface area (Å²) in [5.74, 6) is 0.636. The number of H-pyrrole nitrogens is 1. The third-order valence-corrected chi connectivity index (χ3v) is 4.65. The SMILES string of the molecule is Cc1nn(C)cc1NCc1nc2sc(C)c(C)c2c(=O)[nH]1. The normalized spacial score (nSPS) is 11.2. The van der Waals surface area contributed by atoms with Crippen molar-refractivity contribution in [2.24, 2.45) is 7.05 Å². The number of fused-ring (bicyclic) bond motifs is 1. The number of nitrogens with zero attached hydrogens (tertiary/aromatic N) is 3. The van der Waals surface area contributed by atoms with Crippen LogP contribution in [0.5, 0.6) is 0 Å². The summed E-state index contributed by atoms with van der Waals surface area (Å²) in [6.07, 6.45) is 1.91. The number of hydrogen-bond donors (Lipinski definition) is 2. The maximum Gasteiger partial charge on any atom is 0.259 e. The number of thiophene rings is 1. The summed E-state index contributed by atoms with van der Waals surface area (Å²) in [6.45, 7) is 6.38. The van der Waals surface area contributed by atoms with Crippen LogP contribution in [0.25, 0.3) is 10.2 Å². The molecule has 21 heavy (non-hydrogen) atoms. The lowest BCUT2D eigenvalue weighted by Gasteiger charge is -2.04. The summed E-state index contributed by atoms with van der Waals surface area (Å²) in [6, 6.07) is 0. The van der Waals surface area contributed by atoms with Crippen LogP contribution in [0.1, 0.15) is 22.0 Å². The highest BCUT2D eigenvalue weighted by atomic mass is 32.1. The van der Waals surface area contributed by atoms with Crippen LogP contribution >= 0.6 is 11.3 Å². The number of aryl methyl sites for hydroxylation is 4. The van der Waals surface area contributed by atoms with E-state index in [1.807, 2.05) is 34.0 Å². The first-order valence-electron chi connectivity index (χ1n) is 6.68. The van der Waals surface area contributed by atoms with Crippen molar-refractivity contribution in [1.29, 1.82) is 0 Å². The first-order chi connectivity index (χ1) is 9.95. The van der Waals surface area contributed by atoms with Gasteiger partial charge in [-0.05, 0) is 26.3 Å². The zero-order valence-corrected chi connectivity index (χ0v) is 13.3. The Labute approximate surface area is 125 Å². The number of hydrogen-bond acceptors (Lipinski definition) is 5. The van der Waals surface area contributed by atoms with Crippen molar-refractivity contribution >= 4 is 27.2 Å². The Bertz CT molecular complexity index is 873. The van der Waals surface area contributed by atoms with Gasteiger partial charge in [0.25, 0.3) is 5.56 Å². The van der Waals surface area contributed by atoms with E-state index >= 15 is 0 Å². The molecule has 0 unspecified atom stereocenters.